The first-order chi connectivity index (χ1) is 11.5. The van der Waals surface area contributed by atoms with Crippen LogP contribution in [-0.2, 0) is 11.2 Å². The molecular weight excluding hydrogens is 308 g/mol. The molecule has 1 fully saturated rings. The van der Waals surface area contributed by atoms with Crippen LogP contribution in [0.1, 0.15) is 11.1 Å². The molecule has 0 saturated carbocycles. The van der Waals surface area contributed by atoms with Crippen molar-refractivity contribution in [2.75, 3.05) is 31.1 Å². The first kappa shape index (κ1) is 16.0. The van der Waals surface area contributed by atoms with Gasteiger partial charge in [-0.1, -0.05) is 29.8 Å². The van der Waals surface area contributed by atoms with E-state index in [1.54, 1.807) is 0 Å². The molecule has 0 radical (unpaired) electrons. The fourth-order valence-electron chi connectivity index (χ4n) is 2.82. The average Bonchev–Trinajstić information content (AvgIpc) is 2.56. The number of carbonyl (C=O) groups is 1. The highest BCUT2D eigenvalue weighted by Crippen LogP contribution is 2.12. The van der Waals surface area contributed by atoms with Crippen molar-refractivity contribution < 1.29 is 4.79 Å². The SMILES string of the molecule is Cc1ccc(CC(=O)N2CCN(c3cc(=O)[nH]c(=O)[nH]3)CC2)cc1. The zero-order valence-electron chi connectivity index (χ0n) is 13.5. The van der Waals surface area contributed by atoms with Crippen LogP contribution < -0.4 is 16.1 Å². The molecule has 1 amide bonds. The van der Waals surface area contributed by atoms with Crippen LogP contribution in [0.5, 0.6) is 0 Å². The van der Waals surface area contributed by atoms with Gasteiger partial charge in [0.1, 0.15) is 5.82 Å². The van der Waals surface area contributed by atoms with E-state index in [0.29, 0.717) is 38.4 Å². The molecule has 0 bridgehead atoms. The van der Waals surface area contributed by atoms with Crippen molar-refractivity contribution >= 4 is 11.7 Å². The topological polar surface area (TPSA) is 89.3 Å². The standard InChI is InChI=1S/C17H20N4O3/c1-12-2-4-13(5-3-12)10-16(23)21-8-6-20(7-9-21)14-11-15(22)19-17(24)18-14/h2-5,11H,6-10H2,1H3,(H2,18,19,22,24). The van der Waals surface area contributed by atoms with Crippen LogP contribution in [0.2, 0.25) is 0 Å². The number of amides is 1. The van der Waals surface area contributed by atoms with E-state index < -0.39 is 11.2 Å². The van der Waals surface area contributed by atoms with Crippen LogP contribution in [-0.4, -0.2) is 47.0 Å². The smallest absolute Gasteiger partial charge is 0.327 e. The summed E-state index contributed by atoms with van der Waals surface area (Å²) < 4.78 is 0. The maximum atomic E-state index is 12.4. The maximum absolute atomic E-state index is 12.4. The molecule has 0 atom stereocenters. The molecule has 1 saturated heterocycles. The Morgan fingerprint density at radius 2 is 1.71 bits per heavy atom. The Hall–Kier alpha value is -2.83. The van der Waals surface area contributed by atoms with Gasteiger partial charge in [0.2, 0.25) is 5.91 Å². The molecule has 0 unspecified atom stereocenters. The number of aromatic nitrogens is 2. The summed E-state index contributed by atoms with van der Waals surface area (Å²) in [5.41, 5.74) is 1.24. The van der Waals surface area contributed by atoms with Gasteiger partial charge in [0.25, 0.3) is 5.56 Å². The zero-order chi connectivity index (χ0) is 17.1. The lowest BCUT2D eigenvalue weighted by molar-refractivity contribution is -0.130. The third kappa shape index (κ3) is 3.73. The largest absolute Gasteiger partial charge is 0.354 e. The van der Waals surface area contributed by atoms with E-state index in [0.717, 1.165) is 5.56 Å². The Morgan fingerprint density at radius 1 is 1.04 bits per heavy atom. The Balaban J connectivity index is 1.60. The molecule has 3 rings (SSSR count). The van der Waals surface area contributed by atoms with Gasteiger partial charge < -0.3 is 9.80 Å². The van der Waals surface area contributed by atoms with E-state index in [1.807, 2.05) is 41.0 Å². The van der Waals surface area contributed by atoms with Crippen molar-refractivity contribution in [3.05, 3.63) is 62.3 Å². The number of hydrogen-bond acceptors (Lipinski definition) is 4. The molecule has 7 heteroatoms. The molecule has 1 aromatic heterocycles. The summed E-state index contributed by atoms with van der Waals surface area (Å²) in [6, 6.07) is 9.33. The Bertz CT molecular complexity index is 802. The number of rotatable bonds is 3. The summed E-state index contributed by atoms with van der Waals surface area (Å²) in [4.78, 5) is 43.6. The molecule has 1 aliphatic rings. The summed E-state index contributed by atoms with van der Waals surface area (Å²) in [6.07, 6.45) is 0.391. The number of hydrogen-bond donors (Lipinski definition) is 2. The summed E-state index contributed by atoms with van der Waals surface area (Å²) in [5.74, 6) is 0.590. The summed E-state index contributed by atoms with van der Waals surface area (Å²) >= 11 is 0. The van der Waals surface area contributed by atoms with E-state index in [-0.39, 0.29) is 5.91 Å². The number of aromatic amines is 2. The number of anilines is 1. The van der Waals surface area contributed by atoms with Gasteiger partial charge in [0.15, 0.2) is 0 Å². The van der Waals surface area contributed by atoms with Gasteiger partial charge in [-0.15, -0.1) is 0 Å². The Kier molecular flexibility index (Phi) is 4.50. The Morgan fingerprint density at radius 3 is 2.33 bits per heavy atom. The lowest BCUT2D eigenvalue weighted by atomic mass is 10.1. The summed E-state index contributed by atoms with van der Waals surface area (Å²) in [6.45, 7) is 4.32. The summed E-state index contributed by atoms with van der Waals surface area (Å²) in [5, 5.41) is 0. The van der Waals surface area contributed by atoms with Gasteiger partial charge >= 0.3 is 5.69 Å². The molecular formula is C17H20N4O3. The number of nitrogens with zero attached hydrogens (tertiary/aromatic N) is 2. The van der Waals surface area contributed by atoms with Gasteiger partial charge in [-0.05, 0) is 12.5 Å². The zero-order valence-corrected chi connectivity index (χ0v) is 13.5. The van der Waals surface area contributed by atoms with Gasteiger partial charge in [-0.2, -0.15) is 0 Å². The molecule has 7 nitrogen and oxygen atoms in total. The molecule has 1 aromatic carbocycles. The average molecular weight is 328 g/mol. The van der Waals surface area contributed by atoms with Crippen molar-refractivity contribution in [1.82, 2.24) is 14.9 Å². The molecule has 0 aliphatic carbocycles. The van der Waals surface area contributed by atoms with Crippen molar-refractivity contribution in [2.45, 2.75) is 13.3 Å². The Labute approximate surface area is 138 Å². The van der Waals surface area contributed by atoms with Crippen LogP contribution in [0.4, 0.5) is 5.82 Å². The van der Waals surface area contributed by atoms with Gasteiger partial charge in [-0.25, -0.2) is 4.79 Å². The van der Waals surface area contributed by atoms with Crippen molar-refractivity contribution in [3.63, 3.8) is 0 Å². The molecule has 126 valence electrons. The first-order valence-corrected chi connectivity index (χ1v) is 7.93. The number of benzene rings is 1. The maximum Gasteiger partial charge on any atom is 0.327 e. The third-order valence-corrected chi connectivity index (χ3v) is 4.20. The van der Waals surface area contributed by atoms with E-state index in [9.17, 15) is 14.4 Å². The second-order valence-electron chi connectivity index (χ2n) is 6.00. The quantitative estimate of drug-likeness (QED) is 0.846. The molecule has 24 heavy (non-hydrogen) atoms. The molecule has 2 heterocycles. The minimum absolute atomic E-state index is 0.0953. The van der Waals surface area contributed by atoms with E-state index in [2.05, 4.69) is 9.97 Å². The number of piperazine rings is 1. The normalized spacial score (nSPS) is 14.7. The van der Waals surface area contributed by atoms with Crippen molar-refractivity contribution in [2.24, 2.45) is 0 Å². The number of H-pyrrole nitrogens is 2. The van der Waals surface area contributed by atoms with Crippen LogP contribution >= 0.6 is 0 Å². The first-order valence-electron chi connectivity index (χ1n) is 7.93. The van der Waals surface area contributed by atoms with Crippen LogP contribution in [0.15, 0.2) is 39.9 Å². The van der Waals surface area contributed by atoms with Crippen LogP contribution in [0.3, 0.4) is 0 Å². The monoisotopic (exact) mass is 328 g/mol. The predicted octanol–water partition coefficient (Wildman–Crippen LogP) is 0.263. The van der Waals surface area contributed by atoms with Gasteiger partial charge in [0, 0.05) is 32.2 Å². The van der Waals surface area contributed by atoms with Gasteiger partial charge in [-0.3, -0.25) is 19.6 Å². The fraction of sp³-hybridized carbons (Fsp3) is 0.353. The van der Waals surface area contributed by atoms with Gasteiger partial charge in [0.05, 0.1) is 6.42 Å². The second-order valence-corrected chi connectivity index (χ2v) is 6.00. The molecule has 1 aliphatic heterocycles. The highest BCUT2D eigenvalue weighted by Gasteiger charge is 2.22. The lowest BCUT2D eigenvalue weighted by Gasteiger charge is -2.35. The molecule has 2 N–H and O–H groups in total. The van der Waals surface area contributed by atoms with Crippen molar-refractivity contribution in [3.8, 4) is 0 Å². The van der Waals surface area contributed by atoms with E-state index >= 15 is 0 Å². The fourth-order valence-corrected chi connectivity index (χ4v) is 2.82. The summed E-state index contributed by atoms with van der Waals surface area (Å²) in [7, 11) is 0. The number of aryl methyl sites for hydroxylation is 1. The molecule has 2 aromatic rings. The lowest BCUT2D eigenvalue weighted by Crippen LogP contribution is -2.50. The number of carbonyl (C=O) groups excluding carboxylic acids is 1. The minimum atomic E-state index is -0.518. The minimum Gasteiger partial charge on any atom is -0.354 e. The predicted molar refractivity (Wildman–Crippen MR) is 91.4 cm³/mol. The number of nitrogens with one attached hydrogen (secondary N) is 2. The second kappa shape index (κ2) is 6.74. The van der Waals surface area contributed by atoms with Crippen molar-refractivity contribution in [1.29, 1.82) is 0 Å². The van der Waals surface area contributed by atoms with Crippen LogP contribution in [0, 0.1) is 6.92 Å². The highest BCUT2D eigenvalue weighted by molar-refractivity contribution is 5.79. The molecule has 0 spiro atoms. The third-order valence-electron chi connectivity index (χ3n) is 4.20. The van der Waals surface area contributed by atoms with E-state index in [4.69, 9.17) is 0 Å². The highest BCUT2D eigenvalue weighted by atomic mass is 16.2. The van der Waals surface area contributed by atoms with Crippen LogP contribution in [0.25, 0.3) is 0 Å². The van der Waals surface area contributed by atoms with E-state index in [1.165, 1.54) is 11.6 Å².